The van der Waals surface area contributed by atoms with E-state index in [0.717, 1.165) is 89.3 Å². The molecule has 0 radical (unpaired) electrons. The average molecular weight is 959 g/mol. The zero-order valence-corrected chi connectivity index (χ0v) is 41.7. The van der Waals surface area contributed by atoms with Crippen LogP contribution in [0.2, 0.25) is 0 Å². The molecule has 2 aromatic heterocycles. The summed E-state index contributed by atoms with van der Waals surface area (Å²) in [6, 6.07) is 95.7. The topological polar surface area (TPSA) is 51.6 Å². The predicted molar refractivity (Wildman–Crippen MR) is 308 cm³/mol. The first-order chi connectivity index (χ1) is 37.0. The molecule has 10 aromatic carbocycles. The number of aromatic nitrogens is 4. The summed E-state index contributed by atoms with van der Waals surface area (Å²) in [5.41, 5.74) is 22.7. The fraction of sp³-hybridized carbons (Fsp3) is 0.0423. The van der Waals surface area contributed by atoms with Crippen LogP contribution in [0.4, 0.5) is 0 Å². The van der Waals surface area contributed by atoms with Gasteiger partial charge in [-0.15, -0.1) is 0 Å². The molecule has 12 aromatic rings. The fourth-order valence-corrected chi connectivity index (χ4v) is 11.5. The highest BCUT2D eigenvalue weighted by molar-refractivity contribution is 5.98. The van der Waals surface area contributed by atoms with E-state index in [9.17, 15) is 0 Å². The van der Waals surface area contributed by atoms with Crippen LogP contribution < -0.4 is 0 Å². The lowest BCUT2D eigenvalue weighted by atomic mass is 9.67. The van der Waals surface area contributed by atoms with Crippen molar-refractivity contribution in [3.63, 3.8) is 0 Å². The van der Waals surface area contributed by atoms with E-state index in [2.05, 4.69) is 274 Å². The maximum atomic E-state index is 5.48. The largest absolute Gasteiger partial charge is 0.258 e. The molecule has 354 valence electrons. The molecular formula is C71H50N4. The van der Waals surface area contributed by atoms with E-state index in [1.165, 1.54) is 27.8 Å². The molecule has 4 nitrogen and oxygen atoms in total. The molecule has 0 N–H and O–H groups in total. The SMILES string of the molecule is Cc1ccc(-c2ccc(-c3nc(-c4ccc(-c5c(-c6ccccc6)cc(-c6ccccc6)cc5-c5ccccc5)cc4)nc(-c4cccc5c4-c4ccccc4C5(c4ccccc4)c4ccccc4)n3)cc2)c(C)n1. The first-order valence-electron chi connectivity index (χ1n) is 25.6. The van der Waals surface area contributed by atoms with Gasteiger partial charge in [-0.3, -0.25) is 4.98 Å². The van der Waals surface area contributed by atoms with Gasteiger partial charge in [-0.1, -0.05) is 249 Å². The molecule has 1 aliphatic rings. The van der Waals surface area contributed by atoms with Crippen molar-refractivity contribution in [2.24, 2.45) is 0 Å². The van der Waals surface area contributed by atoms with Gasteiger partial charge in [-0.05, 0) is 115 Å². The number of hydrogen-bond acceptors (Lipinski definition) is 4. The van der Waals surface area contributed by atoms with Gasteiger partial charge in [0, 0.05) is 33.6 Å². The van der Waals surface area contributed by atoms with Gasteiger partial charge in [-0.2, -0.15) is 0 Å². The molecule has 1 aliphatic carbocycles. The van der Waals surface area contributed by atoms with Gasteiger partial charge < -0.3 is 0 Å². The maximum absolute atomic E-state index is 5.48. The third kappa shape index (κ3) is 8.05. The van der Waals surface area contributed by atoms with Crippen LogP contribution in [0.1, 0.15) is 33.6 Å². The summed E-state index contributed by atoms with van der Waals surface area (Å²) < 4.78 is 0. The van der Waals surface area contributed by atoms with Crippen LogP contribution in [-0.2, 0) is 5.41 Å². The Bertz CT molecular complexity index is 3930. The van der Waals surface area contributed by atoms with Gasteiger partial charge >= 0.3 is 0 Å². The highest BCUT2D eigenvalue weighted by Crippen LogP contribution is 2.58. The number of aryl methyl sites for hydroxylation is 2. The summed E-state index contributed by atoms with van der Waals surface area (Å²) in [6.45, 7) is 4.10. The lowest BCUT2D eigenvalue weighted by molar-refractivity contribution is 0.768. The van der Waals surface area contributed by atoms with Gasteiger partial charge in [0.05, 0.1) is 5.41 Å². The molecule has 13 rings (SSSR count). The van der Waals surface area contributed by atoms with E-state index >= 15 is 0 Å². The molecule has 75 heavy (non-hydrogen) atoms. The molecule has 0 amide bonds. The van der Waals surface area contributed by atoms with Gasteiger partial charge in [0.25, 0.3) is 0 Å². The van der Waals surface area contributed by atoms with E-state index in [1.807, 2.05) is 6.92 Å². The molecule has 0 aliphatic heterocycles. The first-order valence-corrected chi connectivity index (χ1v) is 25.6. The Labute approximate surface area is 438 Å². The summed E-state index contributed by atoms with van der Waals surface area (Å²) in [6.07, 6.45) is 0. The molecule has 0 spiro atoms. The predicted octanol–water partition coefficient (Wildman–Crippen LogP) is 17.6. The Morgan fingerprint density at radius 1 is 0.253 bits per heavy atom. The Morgan fingerprint density at radius 3 is 1.23 bits per heavy atom. The van der Waals surface area contributed by atoms with Gasteiger partial charge in [0.1, 0.15) is 0 Å². The number of hydrogen-bond donors (Lipinski definition) is 0. The lowest BCUT2D eigenvalue weighted by Gasteiger charge is -2.33. The molecule has 0 saturated heterocycles. The van der Waals surface area contributed by atoms with Crippen LogP contribution in [0.25, 0.3) is 101 Å². The minimum Gasteiger partial charge on any atom is -0.258 e. The van der Waals surface area contributed by atoms with Gasteiger partial charge in [0.2, 0.25) is 0 Å². The zero-order valence-electron chi connectivity index (χ0n) is 41.7. The van der Waals surface area contributed by atoms with Crippen LogP contribution in [0.5, 0.6) is 0 Å². The van der Waals surface area contributed by atoms with Crippen molar-refractivity contribution in [1.29, 1.82) is 0 Å². The van der Waals surface area contributed by atoms with Crippen molar-refractivity contribution < 1.29 is 0 Å². The smallest absolute Gasteiger partial charge is 0.164 e. The Morgan fingerprint density at radius 2 is 0.680 bits per heavy atom. The molecule has 0 unspecified atom stereocenters. The Hall–Kier alpha value is -9.64. The number of benzene rings is 10. The van der Waals surface area contributed by atoms with E-state index in [1.54, 1.807) is 0 Å². The van der Waals surface area contributed by atoms with E-state index in [0.29, 0.717) is 17.5 Å². The third-order valence-corrected chi connectivity index (χ3v) is 14.9. The summed E-state index contributed by atoms with van der Waals surface area (Å²) in [7, 11) is 0. The van der Waals surface area contributed by atoms with Crippen molar-refractivity contribution in [2.75, 3.05) is 0 Å². The van der Waals surface area contributed by atoms with Crippen LogP contribution in [0, 0.1) is 13.8 Å². The summed E-state index contributed by atoms with van der Waals surface area (Å²) >= 11 is 0. The quantitative estimate of drug-likeness (QED) is 0.137. The van der Waals surface area contributed by atoms with Gasteiger partial charge in [-0.25, -0.2) is 15.0 Å². The monoisotopic (exact) mass is 958 g/mol. The molecule has 0 saturated carbocycles. The number of nitrogens with zero attached hydrogens (tertiary/aromatic N) is 4. The van der Waals surface area contributed by atoms with E-state index in [-0.39, 0.29) is 0 Å². The van der Waals surface area contributed by atoms with Crippen molar-refractivity contribution in [3.05, 3.63) is 301 Å². The highest BCUT2D eigenvalue weighted by atomic mass is 15.0. The normalized spacial score (nSPS) is 12.2. The van der Waals surface area contributed by atoms with Crippen LogP contribution in [-0.4, -0.2) is 19.9 Å². The number of fused-ring (bicyclic) bond motifs is 3. The van der Waals surface area contributed by atoms with Crippen molar-refractivity contribution >= 4 is 0 Å². The maximum Gasteiger partial charge on any atom is 0.164 e. The second-order valence-corrected chi connectivity index (χ2v) is 19.3. The molecule has 2 heterocycles. The lowest BCUT2D eigenvalue weighted by Crippen LogP contribution is -2.28. The Balaban J connectivity index is 1.01. The fourth-order valence-electron chi connectivity index (χ4n) is 11.5. The molecule has 0 fully saturated rings. The van der Waals surface area contributed by atoms with E-state index < -0.39 is 5.41 Å². The summed E-state index contributed by atoms with van der Waals surface area (Å²) in [4.78, 5) is 21.0. The van der Waals surface area contributed by atoms with E-state index in [4.69, 9.17) is 19.9 Å². The van der Waals surface area contributed by atoms with Crippen molar-refractivity contribution in [2.45, 2.75) is 19.3 Å². The van der Waals surface area contributed by atoms with Crippen LogP contribution in [0.15, 0.2) is 267 Å². The first kappa shape index (κ1) is 45.2. The standard InChI is InChI=1S/C71H50N4/c1-47-35-44-59(48(2)72-47)52-36-40-54(41-37-52)68-73-69(75-70(74-68)61-32-20-34-65-67(61)60-31-18-19-33-64(60)71(65,57-27-14-6-15-28-57)58-29-16-7-17-30-58)55-42-38-53(39-43-55)66-62(50-23-10-4-11-24-50)45-56(49-21-8-3-9-22-49)46-63(66)51-25-12-5-13-26-51/h3-46H,1-2H3. The third-order valence-electron chi connectivity index (χ3n) is 14.9. The summed E-state index contributed by atoms with van der Waals surface area (Å²) in [5, 5.41) is 0. The van der Waals surface area contributed by atoms with Gasteiger partial charge in [0.15, 0.2) is 17.5 Å². The van der Waals surface area contributed by atoms with Crippen LogP contribution in [0.3, 0.4) is 0 Å². The summed E-state index contributed by atoms with van der Waals surface area (Å²) in [5.74, 6) is 1.80. The van der Waals surface area contributed by atoms with Crippen molar-refractivity contribution in [1.82, 2.24) is 19.9 Å². The molecule has 0 bridgehead atoms. The molecular weight excluding hydrogens is 909 g/mol. The second-order valence-electron chi connectivity index (χ2n) is 19.3. The Kier molecular flexibility index (Phi) is 11.5. The number of rotatable bonds is 10. The second kappa shape index (κ2) is 19.1. The average Bonchev–Trinajstić information content (AvgIpc) is 3.80. The number of pyridine rings is 1. The van der Waals surface area contributed by atoms with Crippen LogP contribution >= 0.6 is 0 Å². The highest BCUT2D eigenvalue weighted by Gasteiger charge is 2.47. The minimum absolute atomic E-state index is 0.575. The zero-order chi connectivity index (χ0) is 50.3. The van der Waals surface area contributed by atoms with Crippen molar-refractivity contribution in [3.8, 4) is 101 Å². The minimum atomic E-state index is -0.575. The molecule has 4 heteroatoms. The molecule has 0 atom stereocenters.